The van der Waals surface area contributed by atoms with Crippen LogP contribution in [0.3, 0.4) is 0 Å². The van der Waals surface area contributed by atoms with E-state index in [1.165, 1.54) is 5.56 Å². The Kier molecular flexibility index (Phi) is 11.3. The number of carboxylic acid groups (broad SMARTS) is 2. The third-order valence-corrected chi connectivity index (χ3v) is 5.92. The van der Waals surface area contributed by atoms with Gasteiger partial charge in [0, 0.05) is 38.6 Å². The summed E-state index contributed by atoms with van der Waals surface area (Å²) in [5, 5.41) is 15.8. The molecule has 1 amide bonds. The first-order chi connectivity index (χ1) is 17.7. The average Bonchev–Trinajstić information content (AvgIpc) is 3.27. The molecule has 4 heterocycles. The summed E-state index contributed by atoms with van der Waals surface area (Å²) in [4.78, 5) is 42.7. The Morgan fingerprint density at radius 3 is 2.03 bits per heavy atom. The number of pyridine rings is 1. The fourth-order valence-corrected chi connectivity index (χ4v) is 4.18. The number of hydrogen-bond donors (Lipinski definition) is 2. The van der Waals surface area contributed by atoms with Crippen LogP contribution in [0.4, 0.5) is 26.3 Å². The predicted octanol–water partition coefficient (Wildman–Crippen LogP) is 2.60. The highest BCUT2D eigenvalue weighted by molar-refractivity contribution is 5.78. The maximum atomic E-state index is 12.9. The second-order valence-corrected chi connectivity index (χ2v) is 8.70. The van der Waals surface area contributed by atoms with Gasteiger partial charge in [-0.2, -0.15) is 26.3 Å². The van der Waals surface area contributed by atoms with Gasteiger partial charge in [-0.05, 0) is 42.4 Å². The number of aliphatic carboxylic acids is 2. The quantitative estimate of drug-likeness (QED) is 0.537. The maximum Gasteiger partial charge on any atom is 0.490 e. The molecule has 3 atom stereocenters. The molecule has 1 aromatic rings. The fourth-order valence-electron chi connectivity index (χ4n) is 4.18. The third-order valence-electron chi connectivity index (χ3n) is 5.92. The van der Waals surface area contributed by atoms with Crippen molar-refractivity contribution in [3.63, 3.8) is 0 Å². The lowest BCUT2D eigenvalue weighted by Gasteiger charge is -2.36. The number of carboxylic acids is 2. The number of amides is 1. The Hall–Kier alpha value is -2.98. The molecule has 0 bridgehead atoms. The SMILES string of the molecule is O=C(O)C(F)(F)F.O=C(O)C(F)(F)F.O=C([C@@H]1COC[C@H]2CN(Cc3ccncc3)C[C@H]21)N1CCCCO1. The minimum atomic E-state index is -5.08. The van der Waals surface area contributed by atoms with Crippen LogP contribution in [0.1, 0.15) is 18.4 Å². The third kappa shape index (κ3) is 9.72. The van der Waals surface area contributed by atoms with Crippen molar-refractivity contribution in [2.24, 2.45) is 17.8 Å². The molecule has 10 nitrogen and oxygen atoms in total. The summed E-state index contributed by atoms with van der Waals surface area (Å²) in [5.74, 6) is -4.64. The van der Waals surface area contributed by atoms with E-state index in [1.807, 2.05) is 12.4 Å². The summed E-state index contributed by atoms with van der Waals surface area (Å²) in [7, 11) is 0. The first kappa shape index (κ1) is 31.2. The topological polar surface area (TPSA) is 129 Å². The van der Waals surface area contributed by atoms with Crippen molar-refractivity contribution in [1.82, 2.24) is 14.9 Å². The van der Waals surface area contributed by atoms with Crippen molar-refractivity contribution < 1.29 is 60.5 Å². The number of hydrogen-bond acceptors (Lipinski definition) is 7. The van der Waals surface area contributed by atoms with Gasteiger partial charge in [0.15, 0.2) is 0 Å². The zero-order valence-electron chi connectivity index (χ0n) is 20.0. The fraction of sp³-hybridized carbons (Fsp3) is 0.636. The van der Waals surface area contributed by atoms with Crippen LogP contribution in [0.5, 0.6) is 0 Å². The summed E-state index contributed by atoms with van der Waals surface area (Å²) in [6.07, 6.45) is -4.43. The van der Waals surface area contributed by atoms with Crippen molar-refractivity contribution in [3.8, 4) is 0 Å². The molecule has 0 saturated carbocycles. The Morgan fingerprint density at radius 2 is 1.53 bits per heavy atom. The summed E-state index contributed by atoms with van der Waals surface area (Å²) >= 11 is 0. The largest absolute Gasteiger partial charge is 0.490 e. The zero-order chi connectivity index (χ0) is 28.5. The molecule has 4 rings (SSSR count). The second kappa shape index (κ2) is 13.7. The van der Waals surface area contributed by atoms with Gasteiger partial charge in [0.05, 0.1) is 25.7 Å². The first-order valence-corrected chi connectivity index (χ1v) is 11.4. The van der Waals surface area contributed by atoms with Crippen LogP contribution in [0, 0.1) is 17.8 Å². The van der Waals surface area contributed by atoms with Crippen molar-refractivity contribution in [1.29, 1.82) is 0 Å². The van der Waals surface area contributed by atoms with Crippen LogP contribution < -0.4 is 0 Å². The van der Waals surface area contributed by atoms with Gasteiger partial charge in [-0.15, -0.1) is 0 Å². The van der Waals surface area contributed by atoms with E-state index in [4.69, 9.17) is 29.4 Å². The monoisotopic (exact) mass is 559 g/mol. The number of aromatic nitrogens is 1. The Balaban J connectivity index is 0.000000301. The van der Waals surface area contributed by atoms with E-state index < -0.39 is 24.3 Å². The minimum Gasteiger partial charge on any atom is -0.475 e. The van der Waals surface area contributed by atoms with E-state index in [1.54, 1.807) is 5.06 Å². The van der Waals surface area contributed by atoms with Gasteiger partial charge in [0.1, 0.15) is 0 Å². The molecule has 0 aliphatic carbocycles. The molecule has 3 aliphatic rings. The summed E-state index contributed by atoms with van der Waals surface area (Å²) < 4.78 is 69.2. The van der Waals surface area contributed by atoms with Crippen LogP contribution in [0.2, 0.25) is 0 Å². The number of hydroxylamine groups is 2. The molecule has 0 aromatic carbocycles. The standard InChI is InChI=1S/C18H25N3O3.2C2HF3O2/c22-18(21-7-1-2-8-24-21)17-13-23-12-15-10-20(11-16(15)17)9-14-3-5-19-6-4-14;2*3-2(4,5)1(6)7/h3-6,15-17H,1-2,7-13H2;2*(H,6,7)/t15-,16-,17-;;/m1../s1. The molecular formula is C22H27F6N3O7. The highest BCUT2D eigenvalue weighted by atomic mass is 19.4. The van der Waals surface area contributed by atoms with Gasteiger partial charge in [-0.1, -0.05) is 0 Å². The van der Waals surface area contributed by atoms with Crippen molar-refractivity contribution in [2.75, 3.05) is 39.5 Å². The minimum absolute atomic E-state index is 0.0655. The predicted molar refractivity (Wildman–Crippen MR) is 115 cm³/mol. The van der Waals surface area contributed by atoms with Crippen LogP contribution >= 0.6 is 0 Å². The highest BCUT2D eigenvalue weighted by Crippen LogP contribution is 2.36. The van der Waals surface area contributed by atoms with Gasteiger partial charge in [0.2, 0.25) is 0 Å². The lowest BCUT2D eigenvalue weighted by Crippen LogP contribution is -2.47. The number of alkyl halides is 6. The molecule has 0 radical (unpaired) electrons. The number of halogens is 6. The Labute approximate surface area is 213 Å². The van der Waals surface area contributed by atoms with E-state index >= 15 is 0 Å². The number of ether oxygens (including phenoxy) is 1. The van der Waals surface area contributed by atoms with Gasteiger partial charge in [-0.25, -0.2) is 14.7 Å². The number of rotatable bonds is 3. The smallest absolute Gasteiger partial charge is 0.475 e. The van der Waals surface area contributed by atoms with E-state index in [0.29, 0.717) is 31.6 Å². The first-order valence-electron chi connectivity index (χ1n) is 11.4. The van der Waals surface area contributed by atoms with E-state index in [9.17, 15) is 31.1 Å². The second-order valence-electron chi connectivity index (χ2n) is 8.70. The molecule has 3 aliphatic heterocycles. The van der Waals surface area contributed by atoms with Crippen molar-refractivity contribution >= 4 is 17.8 Å². The van der Waals surface area contributed by atoms with Gasteiger partial charge < -0.3 is 14.9 Å². The number of likely N-dealkylation sites (tertiary alicyclic amines) is 1. The van der Waals surface area contributed by atoms with Gasteiger partial charge in [0.25, 0.3) is 5.91 Å². The lowest BCUT2D eigenvalue weighted by atomic mass is 9.82. The molecule has 1 aromatic heterocycles. The van der Waals surface area contributed by atoms with Crippen LogP contribution in [-0.2, 0) is 30.5 Å². The summed E-state index contributed by atoms with van der Waals surface area (Å²) in [6, 6.07) is 4.12. The zero-order valence-corrected chi connectivity index (χ0v) is 20.0. The highest BCUT2D eigenvalue weighted by Gasteiger charge is 2.45. The van der Waals surface area contributed by atoms with E-state index in [2.05, 4.69) is 22.0 Å². The summed E-state index contributed by atoms with van der Waals surface area (Å²) in [6.45, 7) is 5.54. The molecule has 2 N–H and O–H groups in total. The molecule has 16 heteroatoms. The number of carbonyl (C=O) groups is 3. The average molecular weight is 559 g/mol. The van der Waals surface area contributed by atoms with Crippen molar-refractivity contribution in [2.45, 2.75) is 31.7 Å². The number of fused-ring (bicyclic) bond motifs is 1. The van der Waals surface area contributed by atoms with Gasteiger partial charge >= 0.3 is 24.3 Å². The molecule has 3 saturated heterocycles. The number of nitrogens with zero attached hydrogens (tertiary/aromatic N) is 3. The molecule has 0 spiro atoms. The molecule has 214 valence electrons. The maximum absolute atomic E-state index is 12.9. The molecule has 38 heavy (non-hydrogen) atoms. The molecule has 0 unspecified atom stereocenters. The molecular weight excluding hydrogens is 532 g/mol. The molecule has 3 fully saturated rings. The number of carbonyl (C=O) groups excluding carboxylic acids is 1. The lowest BCUT2D eigenvalue weighted by molar-refractivity contribution is -0.207. The van der Waals surface area contributed by atoms with Crippen LogP contribution in [0.15, 0.2) is 24.5 Å². The van der Waals surface area contributed by atoms with E-state index in [0.717, 1.165) is 39.1 Å². The Bertz CT molecular complexity index is 902. The normalized spacial score (nSPS) is 23.7. The Morgan fingerprint density at radius 1 is 0.947 bits per heavy atom. The summed E-state index contributed by atoms with van der Waals surface area (Å²) in [5.41, 5.74) is 1.27. The van der Waals surface area contributed by atoms with Crippen molar-refractivity contribution in [3.05, 3.63) is 30.1 Å². The van der Waals surface area contributed by atoms with Gasteiger partial charge in [-0.3, -0.25) is 19.5 Å². The van der Waals surface area contributed by atoms with Crippen LogP contribution in [-0.4, -0.2) is 94.8 Å². The van der Waals surface area contributed by atoms with E-state index in [-0.39, 0.29) is 11.8 Å². The van der Waals surface area contributed by atoms with Crippen LogP contribution in [0.25, 0.3) is 0 Å².